The van der Waals surface area contributed by atoms with Gasteiger partial charge >= 0.3 is 0 Å². The Labute approximate surface area is 161 Å². The zero-order valence-corrected chi connectivity index (χ0v) is 15.3. The van der Waals surface area contributed by atoms with Gasteiger partial charge in [0, 0.05) is 4.70 Å². The Balaban J connectivity index is 2.31. The maximum absolute atomic E-state index is 12.2. The normalized spacial score (nSPS) is 11.9. The lowest BCUT2D eigenvalue weighted by Gasteiger charge is -2.09. The van der Waals surface area contributed by atoms with Gasteiger partial charge in [-0.1, -0.05) is 46.9 Å². The van der Waals surface area contributed by atoms with Crippen LogP contribution >= 0.6 is 46.1 Å². The van der Waals surface area contributed by atoms with Gasteiger partial charge in [-0.25, -0.2) is 0 Å². The smallest absolute Gasteiger partial charge is 0.279 e. The lowest BCUT2D eigenvalue weighted by molar-refractivity contribution is 0.514. The van der Waals surface area contributed by atoms with Gasteiger partial charge in [-0.3, -0.25) is 4.79 Å². The van der Waals surface area contributed by atoms with Gasteiger partial charge in [-0.05, 0) is 24.3 Å². The molecular weight excluding hydrogens is 403 g/mol. The standard InChI is InChI=1S/C17H7Cl3N2O2S/c18-10-5-6-11(19)14(20)13(10)15(23)9(7-21)17-22-16(24)8-3-1-2-4-12(8)25-17/h1-6,23H/b15-9-. The minimum Gasteiger partial charge on any atom is -0.506 e. The summed E-state index contributed by atoms with van der Waals surface area (Å²) in [6.07, 6.45) is 0. The first-order valence-corrected chi connectivity index (χ1v) is 8.76. The highest BCUT2D eigenvalue weighted by molar-refractivity contribution is 7.19. The molecule has 0 atom stereocenters. The number of nitrogens with zero attached hydrogens (tertiary/aromatic N) is 2. The maximum Gasteiger partial charge on any atom is 0.279 e. The number of rotatable bonds is 2. The number of allylic oxidation sites excluding steroid dienone is 1. The van der Waals surface area contributed by atoms with E-state index in [2.05, 4.69) is 4.98 Å². The summed E-state index contributed by atoms with van der Waals surface area (Å²) in [5.74, 6) is -0.488. The molecule has 0 amide bonds. The molecule has 0 radical (unpaired) electrons. The third-order valence-corrected chi connectivity index (χ3v) is 5.55. The second-order valence-electron chi connectivity index (χ2n) is 4.87. The van der Waals surface area contributed by atoms with Crippen LogP contribution in [0.4, 0.5) is 0 Å². The van der Waals surface area contributed by atoms with Crippen molar-refractivity contribution in [2.45, 2.75) is 0 Å². The Morgan fingerprint density at radius 1 is 1.12 bits per heavy atom. The molecule has 0 saturated heterocycles. The van der Waals surface area contributed by atoms with Gasteiger partial charge in [0.25, 0.3) is 5.56 Å². The average Bonchev–Trinajstić information content (AvgIpc) is 2.59. The van der Waals surface area contributed by atoms with E-state index in [1.807, 2.05) is 6.07 Å². The molecule has 1 N–H and O–H groups in total. The van der Waals surface area contributed by atoms with Crippen LogP contribution in [0.1, 0.15) is 10.6 Å². The molecule has 0 fully saturated rings. The molecule has 124 valence electrons. The van der Waals surface area contributed by atoms with E-state index in [9.17, 15) is 15.2 Å². The topological polar surface area (TPSA) is 74.0 Å². The molecule has 0 saturated carbocycles. The van der Waals surface area contributed by atoms with E-state index in [0.717, 1.165) is 11.3 Å². The summed E-state index contributed by atoms with van der Waals surface area (Å²) < 4.78 is 0.640. The van der Waals surface area contributed by atoms with Gasteiger partial charge < -0.3 is 5.11 Å². The minimum absolute atomic E-state index is 0.00699. The van der Waals surface area contributed by atoms with E-state index in [4.69, 9.17) is 34.8 Å². The first-order chi connectivity index (χ1) is 11.9. The highest BCUT2D eigenvalue weighted by Gasteiger charge is 2.20. The van der Waals surface area contributed by atoms with E-state index in [-0.39, 0.29) is 31.2 Å². The molecule has 25 heavy (non-hydrogen) atoms. The molecule has 2 aromatic carbocycles. The number of halogens is 3. The molecule has 8 heteroatoms. The van der Waals surface area contributed by atoms with Crippen LogP contribution in [0.15, 0.2) is 41.2 Å². The third kappa shape index (κ3) is 3.22. The summed E-state index contributed by atoms with van der Waals surface area (Å²) in [4.78, 5) is 16.1. The van der Waals surface area contributed by atoms with Crippen LogP contribution in [0.25, 0.3) is 21.4 Å². The van der Waals surface area contributed by atoms with Gasteiger partial charge in [0.05, 0.1) is 26.0 Å². The largest absolute Gasteiger partial charge is 0.506 e. The highest BCUT2D eigenvalue weighted by Crippen LogP contribution is 2.38. The summed E-state index contributed by atoms with van der Waals surface area (Å²) >= 11 is 19.3. The monoisotopic (exact) mass is 408 g/mol. The SMILES string of the molecule is N#C/C(=C(/O)c1c(Cl)ccc(Cl)c1Cl)c1nc(=O)c2ccccc2s1. The van der Waals surface area contributed by atoms with Crippen molar-refractivity contribution < 1.29 is 5.11 Å². The summed E-state index contributed by atoms with van der Waals surface area (Å²) in [6.45, 7) is 0. The van der Waals surface area contributed by atoms with Crippen molar-refractivity contribution >= 4 is 67.6 Å². The molecule has 0 spiro atoms. The van der Waals surface area contributed by atoms with Crippen molar-refractivity contribution in [3.8, 4) is 6.07 Å². The van der Waals surface area contributed by atoms with Crippen LogP contribution in [0.3, 0.4) is 0 Å². The van der Waals surface area contributed by atoms with Gasteiger partial charge in [0.2, 0.25) is 0 Å². The van der Waals surface area contributed by atoms with Crippen LogP contribution < -0.4 is 5.56 Å². The first-order valence-electron chi connectivity index (χ1n) is 6.81. The number of fused-ring (bicyclic) bond motifs is 1. The second-order valence-corrected chi connectivity index (χ2v) is 7.10. The number of aliphatic hydroxyl groups excluding tert-OH is 1. The van der Waals surface area contributed by atoms with Gasteiger partial charge in [-0.2, -0.15) is 10.2 Å². The molecule has 0 aliphatic heterocycles. The number of benzene rings is 2. The second kappa shape index (κ2) is 7.03. The van der Waals surface area contributed by atoms with E-state index in [1.54, 1.807) is 24.3 Å². The van der Waals surface area contributed by atoms with Crippen molar-refractivity contribution in [2.24, 2.45) is 0 Å². The quantitative estimate of drug-likeness (QED) is 0.341. The van der Waals surface area contributed by atoms with Crippen molar-refractivity contribution in [3.05, 3.63) is 72.4 Å². The van der Waals surface area contributed by atoms with Crippen LogP contribution in [0.5, 0.6) is 0 Å². The van der Waals surface area contributed by atoms with E-state index in [1.165, 1.54) is 12.1 Å². The van der Waals surface area contributed by atoms with E-state index in [0.29, 0.717) is 10.1 Å². The van der Waals surface area contributed by atoms with Crippen LogP contribution in [0.2, 0.25) is 15.1 Å². The fourth-order valence-corrected chi connectivity index (χ4v) is 3.89. The molecular formula is C17H7Cl3N2O2S. The fraction of sp³-hybridized carbons (Fsp3) is 0. The summed E-state index contributed by atoms with van der Waals surface area (Å²) in [5, 5.41) is 20.9. The molecule has 1 aromatic heterocycles. The van der Waals surface area contributed by atoms with Crippen molar-refractivity contribution in [3.63, 3.8) is 0 Å². The summed E-state index contributed by atoms with van der Waals surface area (Å²) in [6, 6.07) is 11.7. The summed E-state index contributed by atoms with van der Waals surface area (Å²) in [5.41, 5.74) is -0.686. The zero-order chi connectivity index (χ0) is 18.1. The Kier molecular flexibility index (Phi) is 4.98. The maximum atomic E-state index is 12.2. The molecule has 3 aromatic rings. The third-order valence-electron chi connectivity index (χ3n) is 3.37. The molecule has 0 aliphatic rings. The lowest BCUT2D eigenvalue weighted by Crippen LogP contribution is -2.08. The van der Waals surface area contributed by atoms with Crippen LogP contribution in [-0.2, 0) is 0 Å². The van der Waals surface area contributed by atoms with Crippen molar-refractivity contribution in [2.75, 3.05) is 0 Å². The molecule has 0 bridgehead atoms. The zero-order valence-electron chi connectivity index (χ0n) is 12.3. The molecule has 0 unspecified atom stereocenters. The Bertz CT molecular complexity index is 1130. The molecule has 3 rings (SSSR count). The first kappa shape index (κ1) is 17.7. The average molecular weight is 410 g/mol. The van der Waals surface area contributed by atoms with Crippen molar-refractivity contribution in [1.82, 2.24) is 4.98 Å². The number of nitriles is 1. The molecule has 1 heterocycles. The van der Waals surface area contributed by atoms with Gasteiger partial charge in [0.1, 0.15) is 22.4 Å². The Morgan fingerprint density at radius 2 is 1.80 bits per heavy atom. The van der Waals surface area contributed by atoms with Crippen molar-refractivity contribution in [1.29, 1.82) is 5.26 Å². The Morgan fingerprint density at radius 3 is 2.52 bits per heavy atom. The van der Waals surface area contributed by atoms with E-state index < -0.39 is 11.3 Å². The number of aliphatic hydroxyl groups is 1. The molecule has 4 nitrogen and oxygen atoms in total. The fourth-order valence-electron chi connectivity index (χ4n) is 2.19. The Hall–Kier alpha value is -2.10. The van der Waals surface area contributed by atoms with Crippen LogP contribution in [-0.4, -0.2) is 10.1 Å². The predicted molar refractivity (Wildman–Crippen MR) is 102 cm³/mol. The predicted octanol–water partition coefficient (Wildman–Crippen LogP) is 5.57. The van der Waals surface area contributed by atoms with Crippen LogP contribution in [0, 0.1) is 11.3 Å². The lowest BCUT2D eigenvalue weighted by atomic mass is 10.1. The number of aromatic nitrogens is 1. The number of hydrogen-bond donors (Lipinski definition) is 1. The molecule has 0 aliphatic carbocycles. The van der Waals surface area contributed by atoms with Gasteiger partial charge in [0.15, 0.2) is 0 Å². The summed E-state index contributed by atoms with van der Waals surface area (Å²) in [7, 11) is 0. The van der Waals surface area contributed by atoms with E-state index >= 15 is 0 Å². The number of hydrogen-bond acceptors (Lipinski definition) is 5. The van der Waals surface area contributed by atoms with Gasteiger partial charge in [-0.15, -0.1) is 11.3 Å². The highest BCUT2D eigenvalue weighted by atomic mass is 35.5. The minimum atomic E-state index is -0.492.